The van der Waals surface area contributed by atoms with Gasteiger partial charge in [-0.3, -0.25) is 5.43 Å². The van der Waals surface area contributed by atoms with Crippen LogP contribution in [0.1, 0.15) is 5.56 Å². The Morgan fingerprint density at radius 3 is 2.85 bits per heavy atom. The fourth-order valence-electron chi connectivity index (χ4n) is 1.80. The van der Waals surface area contributed by atoms with Crippen molar-refractivity contribution in [3.8, 4) is 11.5 Å². The van der Waals surface area contributed by atoms with E-state index in [9.17, 15) is 0 Å². The molecule has 7 heteroatoms. The number of aryl methyl sites for hydroxylation is 1. The molecule has 6 nitrogen and oxygen atoms in total. The maximum Gasteiger partial charge on any atom is 0.238 e. The fraction of sp³-hybridized carbons (Fsp3) is 0.231. The van der Waals surface area contributed by atoms with Crippen molar-refractivity contribution in [2.75, 3.05) is 18.6 Å². The number of nitrogens with one attached hydrogen (secondary N) is 1. The quantitative estimate of drug-likeness (QED) is 0.508. The number of anilines is 1. The lowest BCUT2D eigenvalue weighted by Crippen LogP contribution is -2.15. The van der Waals surface area contributed by atoms with Crippen molar-refractivity contribution in [2.24, 2.45) is 5.84 Å². The van der Waals surface area contributed by atoms with Gasteiger partial charge in [0.25, 0.3) is 0 Å². The molecule has 0 aliphatic carbocycles. The molecule has 0 bridgehead atoms. The van der Waals surface area contributed by atoms with E-state index >= 15 is 0 Å². The summed E-state index contributed by atoms with van der Waals surface area (Å²) in [5, 5.41) is 0.852. The van der Waals surface area contributed by atoms with Crippen molar-refractivity contribution in [3.63, 3.8) is 0 Å². The molecule has 0 atom stereocenters. The summed E-state index contributed by atoms with van der Waals surface area (Å²) < 4.78 is 11.1. The minimum absolute atomic E-state index is 0.399. The highest BCUT2D eigenvalue weighted by Crippen LogP contribution is 2.37. The van der Waals surface area contributed by atoms with E-state index in [0.717, 1.165) is 27.0 Å². The van der Waals surface area contributed by atoms with Gasteiger partial charge in [0.15, 0.2) is 11.5 Å². The van der Waals surface area contributed by atoms with Gasteiger partial charge in [-0.1, -0.05) is 11.8 Å². The minimum Gasteiger partial charge on any atom is -0.486 e. The monoisotopic (exact) mass is 290 g/mol. The third-order valence-electron chi connectivity index (χ3n) is 2.78. The van der Waals surface area contributed by atoms with Crippen molar-refractivity contribution in [3.05, 3.63) is 30.0 Å². The highest BCUT2D eigenvalue weighted by atomic mass is 32.2. The SMILES string of the molecule is Cc1cnc(NN)nc1Sc1ccc2c(c1)OCCO2. The molecule has 1 aromatic carbocycles. The van der Waals surface area contributed by atoms with Crippen LogP contribution in [0, 0.1) is 6.92 Å². The Hall–Kier alpha value is -1.99. The largest absolute Gasteiger partial charge is 0.486 e. The lowest BCUT2D eigenvalue weighted by atomic mass is 10.3. The first-order chi connectivity index (χ1) is 9.76. The van der Waals surface area contributed by atoms with Crippen LogP contribution in [0.4, 0.5) is 5.95 Å². The number of nitrogen functional groups attached to an aromatic ring is 1. The van der Waals surface area contributed by atoms with E-state index in [1.165, 1.54) is 11.8 Å². The Balaban J connectivity index is 1.87. The van der Waals surface area contributed by atoms with Gasteiger partial charge in [-0.15, -0.1) is 0 Å². The Labute approximate surface area is 120 Å². The van der Waals surface area contributed by atoms with E-state index in [1.54, 1.807) is 6.20 Å². The number of rotatable bonds is 3. The highest BCUT2D eigenvalue weighted by molar-refractivity contribution is 7.99. The summed E-state index contributed by atoms with van der Waals surface area (Å²) in [5.74, 6) is 7.28. The second-order valence-electron chi connectivity index (χ2n) is 4.23. The summed E-state index contributed by atoms with van der Waals surface area (Å²) in [7, 11) is 0. The van der Waals surface area contributed by atoms with Gasteiger partial charge in [-0.2, -0.15) is 0 Å². The van der Waals surface area contributed by atoms with Crippen molar-refractivity contribution in [1.82, 2.24) is 9.97 Å². The molecule has 1 aromatic heterocycles. The molecule has 1 aliphatic rings. The molecule has 0 spiro atoms. The number of fused-ring (bicyclic) bond motifs is 1. The highest BCUT2D eigenvalue weighted by Gasteiger charge is 2.13. The van der Waals surface area contributed by atoms with Crippen molar-refractivity contribution >= 4 is 17.7 Å². The second-order valence-corrected chi connectivity index (χ2v) is 5.30. The molecule has 0 saturated carbocycles. The van der Waals surface area contributed by atoms with E-state index in [-0.39, 0.29) is 0 Å². The zero-order valence-electron chi connectivity index (χ0n) is 10.9. The van der Waals surface area contributed by atoms with Crippen LogP contribution >= 0.6 is 11.8 Å². The van der Waals surface area contributed by atoms with E-state index in [2.05, 4.69) is 15.4 Å². The first-order valence-corrected chi connectivity index (χ1v) is 6.95. The van der Waals surface area contributed by atoms with E-state index < -0.39 is 0 Å². The summed E-state index contributed by atoms with van der Waals surface area (Å²) in [5.41, 5.74) is 3.44. The topological polar surface area (TPSA) is 82.3 Å². The molecular formula is C13H14N4O2S. The Bertz CT molecular complexity index is 636. The van der Waals surface area contributed by atoms with Gasteiger partial charge in [0.05, 0.1) is 0 Å². The zero-order chi connectivity index (χ0) is 13.9. The molecule has 104 valence electrons. The number of ether oxygens (including phenoxy) is 2. The number of hydrogen-bond donors (Lipinski definition) is 2. The average Bonchev–Trinajstić information content (AvgIpc) is 2.49. The summed E-state index contributed by atoms with van der Waals surface area (Å²) >= 11 is 1.53. The predicted molar refractivity (Wildman–Crippen MR) is 76.1 cm³/mol. The molecule has 2 heterocycles. The fourth-order valence-corrected chi connectivity index (χ4v) is 2.67. The number of hydrogen-bond acceptors (Lipinski definition) is 7. The van der Waals surface area contributed by atoms with Crippen LogP contribution in [0.5, 0.6) is 11.5 Å². The molecule has 3 N–H and O–H groups in total. The first-order valence-electron chi connectivity index (χ1n) is 6.14. The van der Waals surface area contributed by atoms with Crippen LogP contribution in [-0.4, -0.2) is 23.2 Å². The lowest BCUT2D eigenvalue weighted by Gasteiger charge is -2.18. The molecule has 1 aliphatic heterocycles. The van der Waals surface area contributed by atoms with Gasteiger partial charge in [-0.05, 0) is 25.1 Å². The van der Waals surface area contributed by atoms with Crippen LogP contribution in [0.15, 0.2) is 34.3 Å². The molecule has 3 rings (SSSR count). The predicted octanol–water partition coefficient (Wildman–Crippen LogP) is 1.99. The normalized spacial score (nSPS) is 13.1. The minimum atomic E-state index is 0.399. The van der Waals surface area contributed by atoms with Crippen molar-refractivity contribution in [1.29, 1.82) is 0 Å². The number of benzene rings is 1. The molecule has 0 saturated heterocycles. The van der Waals surface area contributed by atoms with Crippen LogP contribution in [0.2, 0.25) is 0 Å². The molecule has 2 aromatic rings. The first kappa shape index (κ1) is 13.0. The van der Waals surface area contributed by atoms with Gasteiger partial charge >= 0.3 is 0 Å². The maximum atomic E-state index is 5.57. The molecule has 0 amide bonds. The molecule has 20 heavy (non-hydrogen) atoms. The van der Waals surface area contributed by atoms with Gasteiger partial charge in [0.1, 0.15) is 18.2 Å². The summed E-state index contributed by atoms with van der Waals surface area (Å²) in [4.78, 5) is 9.43. The van der Waals surface area contributed by atoms with Crippen LogP contribution in [0.3, 0.4) is 0 Å². The van der Waals surface area contributed by atoms with Crippen molar-refractivity contribution in [2.45, 2.75) is 16.8 Å². The Morgan fingerprint density at radius 1 is 1.25 bits per heavy atom. The number of aromatic nitrogens is 2. The molecule has 0 radical (unpaired) electrons. The maximum absolute atomic E-state index is 5.57. The summed E-state index contributed by atoms with van der Waals surface area (Å²) in [6.45, 7) is 3.13. The summed E-state index contributed by atoms with van der Waals surface area (Å²) in [6, 6.07) is 5.85. The molecule has 0 unspecified atom stereocenters. The van der Waals surface area contributed by atoms with E-state index in [1.807, 2.05) is 25.1 Å². The second kappa shape index (κ2) is 5.56. The van der Waals surface area contributed by atoms with Crippen molar-refractivity contribution < 1.29 is 9.47 Å². The number of nitrogens with zero attached hydrogens (tertiary/aromatic N) is 2. The van der Waals surface area contributed by atoms with Gasteiger partial charge in [-0.25, -0.2) is 15.8 Å². The zero-order valence-corrected chi connectivity index (χ0v) is 11.7. The van der Waals surface area contributed by atoms with E-state index in [0.29, 0.717) is 19.2 Å². The lowest BCUT2D eigenvalue weighted by molar-refractivity contribution is 0.171. The van der Waals surface area contributed by atoms with E-state index in [4.69, 9.17) is 15.3 Å². The number of nitrogens with two attached hydrogens (primary N) is 1. The standard InChI is InChI=1S/C13H14N4O2S/c1-8-7-15-13(17-14)16-12(8)20-9-2-3-10-11(6-9)19-5-4-18-10/h2-3,6-7H,4-5,14H2,1H3,(H,15,16,17). The van der Waals surface area contributed by atoms with Gasteiger partial charge < -0.3 is 9.47 Å². The van der Waals surface area contributed by atoms with Crippen LogP contribution < -0.4 is 20.7 Å². The Morgan fingerprint density at radius 2 is 2.05 bits per heavy atom. The smallest absolute Gasteiger partial charge is 0.238 e. The Kier molecular flexibility index (Phi) is 3.62. The van der Waals surface area contributed by atoms with Crippen LogP contribution in [0.25, 0.3) is 0 Å². The molecule has 0 fully saturated rings. The van der Waals surface area contributed by atoms with Gasteiger partial charge in [0.2, 0.25) is 5.95 Å². The number of hydrazine groups is 1. The van der Waals surface area contributed by atoms with Crippen LogP contribution in [-0.2, 0) is 0 Å². The third kappa shape index (κ3) is 2.63. The average molecular weight is 290 g/mol. The summed E-state index contributed by atoms with van der Waals surface area (Å²) in [6.07, 6.45) is 1.74. The third-order valence-corrected chi connectivity index (χ3v) is 3.88. The van der Waals surface area contributed by atoms with Gasteiger partial charge in [0, 0.05) is 16.7 Å². The molecular weight excluding hydrogens is 276 g/mol.